The van der Waals surface area contributed by atoms with Crippen molar-refractivity contribution in [3.8, 4) is 22.9 Å². The van der Waals surface area contributed by atoms with Crippen LogP contribution in [0.2, 0.25) is 0 Å². The molecule has 0 fully saturated rings. The minimum Gasteiger partial charge on any atom is -0.484 e. The lowest BCUT2D eigenvalue weighted by molar-refractivity contribution is -0.118. The van der Waals surface area contributed by atoms with Crippen molar-refractivity contribution in [3.05, 3.63) is 85.2 Å². The molecule has 8 nitrogen and oxygen atoms in total. The fourth-order valence-corrected chi connectivity index (χ4v) is 2.58. The van der Waals surface area contributed by atoms with E-state index in [9.17, 15) is 4.79 Å². The zero-order valence-electron chi connectivity index (χ0n) is 15.3. The van der Waals surface area contributed by atoms with Crippen LogP contribution in [0.3, 0.4) is 0 Å². The van der Waals surface area contributed by atoms with E-state index in [1.54, 1.807) is 36.4 Å². The van der Waals surface area contributed by atoms with Crippen LogP contribution in [0.15, 0.2) is 85.2 Å². The smallest absolute Gasteiger partial charge is 0.262 e. The molecule has 1 aromatic heterocycles. The summed E-state index contributed by atoms with van der Waals surface area (Å²) in [4.78, 5) is 12.2. The first-order chi connectivity index (χ1) is 14.3. The molecule has 3 aromatic carbocycles. The number of carbonyl (C=O) groups excluding carboxylic acids is 1. The third-order valence-corrected chi connectivity index (χ3v) is 3.92. The van der Waals surface area contributed by atoms with Crippen molar-refractivity contribution in [3.63, 3.8) is 0 Å². The Balaban J connectivity index is 1.31. The molecule has 29 heavy (non-hydrogen) atoms. The quantitative estimate of drug-likeness (QED) is 0.522. The van der Waals surface area contributed by atoms with Crippen LogP contribution in [0.1, 0.15) is 0 Å². The van der Waals surface area contributed by atoms with Gasteiger partial charge < -0.3 is 14.8 Å². The van der Waals surface area contributed by atoms with Crippen LogP contribution < -0.4 is 14.8 Å². The number of hydrogen-bond donors (Lipinski definition) is 1. The average Bonchev–Trinajstić information content (AvgIpc) is 3.29. The lowest BCUT2D eigenvalue weighted by Crippen LogP contribution is -2.20. The summed E-state index contributed by atoms with van der Waals surface area (Å²) >= 11 is 0. The number of amides is 1. The molecule has 1 N–H and O–H groups in total. The Morgan fingerprint density at radius 1 is 0.897 bits per heavy atom. The molecule has 0 atom stereocenters. The van der Waals surface area contributed by atoms with Gasteiger partial charge in [0, 0.05) is 11.8 Å². The second-order valence-corrected chi connectivity index (χ2v) is 6.03. The second kappa shape index (κ2) is 8.66. The molecule has 0 bridgehead atoms. The molecule has 144 valence electrons. The Labute approximate surface area is 166 Å². The number of para-hydroxylation sites is 1. The van der Waals surface area contributed by atoms with Crippen LogP contribution in [-0.4, -0.2) is 32.7 Å². The van der Waals surface area contributed by atoms with Gasteiger partial charge >= 0.3 is 0 Å². The molecule has 0 aliphatic heterocycles. The molecule has 0 saturated heterocycles. The van der Waals surface area contributed by atoms with Crippen LogP contribution in [-0.2, 0) is 4.79 Å². The molecule has 4 rings (SSSR count). The SMILES string of the molecule is O=C(COc1ccc(-n2cnnn2)cc1)Nc1cccc(Oc2ccccc2)c1. The number of rotatable bonds is 7. The van der Waals surface area contributed by atoms with E-state index in [-0.39, 0.29) is 12.5 Å². The minimum absolute atomic E-state index is 0.117. The summed E-state index contributed by atoms with van der Waals surface area (Å²) in [7, 11) is 0. The molecule has 0 unspecified atom stereocenters. The van der Waals surface area contributed by atoms with Gasteiger partial charge in [0.05, 0.1) is 5.69 Å². The molecule has 0 radical (unpaired) electrons. The normalized spacial score (nSPS) is 10.3. The highest BCUT2D eigenvalue weighted by molar-refractivity contribution is 5.92. The molecule has 0 aliphatic carbocycles. The zero-order chi connectivity index (χ0) is 19.9. The molecular formula is C21H17N5O3. The first-order valence-electron chi connectivity index (χ1n) is 8.85. The summed E-state index contributed by atoms with van der Waals surface area (Å²) in [6.45, 7) is -0.117. The van der Waals surface area contributed by atoms with Crippen molar-refractivity contribution in [2.75, 3.05) is 11.9 Å². The van der Waals surface area contributed by atoms with E-state index in [1.807, 2.05) is 42.5 Å². The maximum absolute atomic E-state index is 12.2. The van der Waals surface area contributed by atoms with Gasteiger partial charge in [0.2, 0.25) is 0 Å². The third-order valence-electron chi connectivity index (χ3n) is 3.92. The number of ether oxygens (including phenoxy) is 2. The lowest BCUT2D eigenvalue weighted by atomic mass is 10.3. The van der Waals surface area contributed by atoms with E-state index >= 15 is 0 Å². The highest BCUT2D eigenvalue weighted by Crippen LogP contribution is 2.23. The number of benzene rings is 3. The van der Waals surface area contributed by atoms with Crippen LogP contribution in [0.25, 0.3) is 5.69 Å². The largest absolute Gasteiger partial charge is 0.484 e. The van der Waals surface area contributed by atoms with Gasteiger partial charge in [0.15, 0.2) is 6.61 Å². The van der Waals surface area contributed by atoms with E-state index in [0.29, 0.717) is 17.2 Å². The first-order valence-corrected chi connectivity index (χ1v) is 8.85. The van der Waals surface area contributed by atoms with E-state index in [4.69, 9.17) is 9.47 Å². The summed E-state index contributed by atoms with van der Waals surface area (Å²) in [6.07, 6.45) is 1.50. The number of hydrogen-bond acceptors (Lipinski definition) is 6. The number of carbonyl (C=O) groups is 1. The molecule has 0 spiro atoms. The molecule has 0 aliphatic rings. The predicted molar refractivity (Wildman–Crippen MR) is 106 cm³/mol. The van der Waals surface area contributed by atoms with Crippen molar-refractivity contribution >= 4 is 11.6 Å². The molecule has 0 saturated carbocycles. The van der Waals surface area contributed by atoms with Gasteiger partial charge in [0.25, 0.3) is 5.91 Å². The molecule has 4 aromatic rings. The van der Waals surface area contributed by atoms with Gasteiger partial charge in [-0.15, -0.1) is 5.10 Å². The summed E-state index contributed by atoms with van der Waals surface area (Å²) < 4.78 is 12.8. The molecule has 1 heterocycles. The second-order valence-electron chi connectivity index (χ2n) is 6.03. The summed E-state index contributed by atoms with van der Waals surface area (Å²) in [5.41, 5.74) is 1.42. The van der Waals surface area contributed by atoms with E-state index in [2.05, 4.69) is 20.8 Å². The van der Waals surface area contributed by atoms with Crippen LogP contribution in [0, 0.1) is 0 Å². The minimum atomic E-state index is -0.272. The Bertz CT molecular complexity index is 1070. The highest BCUT2D eigenvalue weighted by atomic mass is 16.5. The molecular weight excluding hydrogens is 370 g/mol. The third kappa shape index (κ3) is 4.95. The number of aromatic nitrogens is 4. The number of nitrogens with one attached hydrogen (secondary N) is 1. The predicted octanol–water partition coefficient (Wildman–Crippen LogP) is 3.47. The molecule has 8 heteroatoms. The maximum Gasteiger partial charge on any atom is 0.262 e. The van der Waals surface area contributed by atoms with Crippen molar-refractivity contribution < 1.29 is 14.3 Å². The van der Waals surface area contributed by atoms with Crippen molar-refractivity contribution in [1.29, 1.82) is 0 Å². The number of tetrazole rings is 1. The summed E-state index contributed by atoms with van der Waals surface area (Å²) in [6, 6.07) is 23.7. The van der Waals surface area contributed by atoms with Gasteiger partial charge in [-0.3, -0.25) is 4.79 Å². The van der Waals surface area contributed by atoms with Crippen molar-refractivity contribution in [2.24, 2.45) is 0 Å². The van der Waals surface area contributed by atoms with Gasteiger partial charge in [-0.1, -0.05) is 24.3 Å². The number of nitrogens with zero attached hydrogens (tertiary/aromatic N) is 4. The molecule has 1 amide bonds. The number of anilines is 1. The fourth-order valence-electron chi connectivity index (χ4n) is 2.58. The Hall–Kier alpha value is -4.20. The monoisotopic (exact) mass is 387 g/mol. The van der Waals surface area contributed by atoms with Gasteiger partial charge in [-0.05, 0) is 59.0 Å². The van der Waals surface area contributed by atoms with Gasteiger partial charge in [-0.2, -0.15) is 0 Å². The topological polar surface area (TPSA) is 91.2 Å². The average molecular weight is 387 g/mol. The summed E-state index contributed by atoms with van der Waals surface area (Å²) in [5, 5.41) is 13.8. The van der Waals surface area contributed by atoms with Crippen molar-refractivity contribution in [2.45, 2.75) is 0 Å². The first kappa shape index (κ1) is 18.2. The lowest BCUT2D eigenvalue weighted by Gasteiger charge is -2.10. The maximum atomic E-state index is 12.2. The van der Waals surface area contributed by atoms with Crippen LogP contribution >= 0.6 is 0 Å². The Morgan fingerprint density at radius 3 is 2.45 bits per heavy atom. The van der Waals surface area contributed by atoms with Crippen molar-refractivity contribution in [1.82, 2.24) is 20.2 Å². The van der Waals surface area contributed by atoms with Gasteiger partial charge in [0.1, 0.15) is 23.6 Å². The van der Waals surface area contributed by atoms with E-state index < -0.39 is 0 Å². The van der Waals surface area contributed by atoms with Gasteiger partial charge in [-0.25, -0.2) is 4.68 Å². The highest BCUT2D eigenvalue weighted by Gasteiger charge is 2.06. The fraction of sp³-hybridized carbons (Fsp3) is 0.0476. The summed E-state index contributed by atoms with van der Waals surface area (Å²) in [5.74, 6) is 1.65. The van der Waals surface area contributed by atoms with Crippen LogP contribution in [0.4, 0.5) is 5.69 Å². The Kier molecular flexibility index (Phi) is 5.43. The zero-order valence-corrected chi connectivity index (χ0v) is 15.3. The van der Waals surface area contributed by atoms with Crippen LogP contribution in [0.5, 0.6) is 17.2 Å². The van der Waals surface area contributed by atoms with E-state index in [1.165, 1.54) is 11.0 Å². The Morgan fingerprint density at radius 2 is 1.69 bits per heavy atom. The standard InChI is InChI=1S/C21H17N5O3/c27-21(14-28-18-11-9-17(10-12-18)26-15-22-24-25-26)23-16-5-4-8-20(13-16)29-19-6-2-1-3-7-19/h1-13,15H,14H2,(H,23,27). The van der Waals surface area contributed by atoms with E-state index in [0.717, 1.165) is 11.4 Å².